The third-order valence-electron chi connectivity index (χ3n) is 0.408. The van der Waals surface area contributed by atoms with Gasteiger partial charge in [-0.05, 0) is 20.8 Å². The molecule has 0 amide bonds. The van der Waals surface area contributed by atoms with Crippen molar-refractivity contribution in [2.45, 2.75) is 33.0 Å². The molecular weight excluding hydrogens is 132 g/mol. The van der Waals surface area contributed by atoms with E-state index in [1.165, 1.54) is 0 Å². The van der Waals surface area contributed by atoms with Gasteiger partial charge < -0.3 is 14.9 Å². The lowest BCUT2D eigenvalue weighted by molar-refractivity contribution is 0.0765. The molecule has 2 N–H and O–H groups in total. The van der Waals surface area contributed by atoms with Crippen LogP contribution < -0.4 is 0 Å². The van der Waals surface area contributed by atoms with Crippen LogP contribution in [0.3, 0.4) is 0 Å². The zero-order valence-electron chi connectivity index (χ0n) is 7.16. The first-order valence-electron chi connectivity index (χ1n) is 3.35. The summed E-state index contributed by atoms with van der Waals surface area (Å²) in [6, 6.07) is 0. The quantitative estimate of drug-likeness (QED) is 0.599. The Morgan fingerprint density at radius 1 is 1.20 bits per heavy atom. The summed E-state index contributed by atoms with van der Waals surface area (Å²) in [5.41, 5.74) is 0. The molecule has 1 unspecified atom stereocenters. The number of aliphatic hydroxyl groups is 2. The fourth-order valence-corrected chi connectivity index (χ4v) is 0.241. The van der Waals surface area contributed by atoms with Crippen LogP contribution in [0.1, 0.15) is 20.8 Å². The van der Waals surface area contributed by atoms with E-state index in [1.54, 1.807) is 27.9 Å². The molecule has 0 rings (SSSR count). The van der Waals surface area contributed by atoms with Crippen molar-refractivity contribution in [2.24, 2.45) is 0 Å². The molecule has 64 valence electrons. The Morgan fingerprint density at radius 3 is 1.50 bits per heavy atom. The molecule has 0 aromatic carbocycles. The van der Waals surface area contributed by atoms with Gasteiger partial charge in [0.1, 0.15) is 0 Å². The monoisotopic (exact) mass is 150 g/mol. The van der Waals surface area contributed by atoms with Gasteiger partial charge in [0.25, 0.3) is 0 Å². The molecule has 3 heteroatoms. The molecule has 10 heavy (non-hydrogen) atoms. The van der Waals surface area contributed by atoms with Gasteiger partial charge in [0.2, 0.25) is 0 Å². The molecule has 0 aliphatic carbocycles. The summed E-state index contributed by atoms with van der Waals surface area (Å²) in [5.74, 6) is 0. The summed E-state index contributed by atoms with van der Waals surface area (Å²) in [7, 11) is 1.56. The highest BCUT2D eigenvalue weighted by atomic mass is 16.5. The summed E-state index contributed by atoms with van der Waals surface area (Å²) in [6.07, 6.45) is -0.491. The second kappa shape index (κ2) is 8.88. The van der Waals surface area contributed by atoms with Crippen molar-refractivity contribution in [3.05, 3.63) is 0 Å². The van der Waals surface area contributed by atoms with Gasteiger partial charge in [0, 0.05) is 13.2 Å². The van der Waals surface area contributed by atoms with Gasteiger partial charge >= 0.3 is 0 Å². The first-order valence-corrected chi connectivity index (χ1v) is 3.35. The lowest BCUT2D eigenvalue weighted by Gasteiger charge is -1.97. The minimum Gasteiger partial charge on any atom is -0.394 e. The molecule has 3 nitrogen and oxygen atoms in total. The Hall–Kier alpha value is -0.120. The van der Waals surface area contributed by atoms with Crippen molar-refractivity contribution < 1.29 is 14.9 Å². The van der Waals surface area contributed by atoms with E-state index in [2.05, 4.69) is 4.74 Å². The van der Waals surface area contributed by atoms with Crippen LogP contribution in [0.5, 0.6) is 0 Å². The fourth-order valence-electron chi connectivity index (χ4n) is 0.241. The minimum absolute atomic E-state index is 0.167. The van der Waals surface area contributed by atoms with Crippen LogP contribution in [0, 0.1) is 0 Å². The second-order valence-electron chi connectivity index (χ2n) is 2.40. The van der Waals surface area contributed by atoms with Crippen LogP contribution in [0.4, 0.5) is 0 Å². The number of ether oxygens (including phenoxy) is 1. The second-order valence-corrected chi connectivity index (χ2v) is 2.40. The third kappa shape index (κ3) is 45.0. The van der Waals surface area contributed by atoms with Crippen molar-refractivity contribution in [3.8, 4) is 0 Å². The Labute approximate surface area is 62.6 Å². The molecule has 0 radical (unpaired) electrons. The van der Waals surface area contributed by atoms with Crippen LogP contribution in [-0.4, -0.2) is 36.1 Å². The van der Waals surface area contributed by atoms with Crippen LogP contribution in [0.15, 0.2) is 0 Å². The first-order chi connectivity index (χ1) is 4.50. The highest BCUT2D eigenvalue weighted by molar-refractivity contribution is 4.36. The van der Waals surface area contributed by atoms with Crippen molar-refractivity contribution in [1.29, 1.82) is 0 Å². The van der Waals surface area contributed by atoms with E-state index < -0.39 is 0 Å². The van der Waals surface area contributed by atoms with E-state index in [1.807, 2.05) is 0 Å². The van der Waals surface area contributed by atoms with Gasteiger partial charge in [0.15, 0.2) is 0 Å². The van der Waals surface area contributed by atoms with Gasteiger partial charge in [-0.25, -0.2) is 0 Å². The number of methoxy groups -OCH3 is 1. The lowest BCUT2D eigenvalue weighted by Crippen LogP contribution is -2.07. The van der Waals surface area contributed by atoms with Gasteiger partial charge in [0.05, 0.1) is 12.7 Å². The van der Waals surface area contributed by atoms with Crippen molar-refractivity contribution in [3.63, 3.8) is 0 Å². The summed E-state index contributed by atoms with van der Waals surface area (Å²) >= 11 is 0. The average Bonchev–Trinajstić information content (AvgIpc) is 1.62. The van der Waals surface area contributed by atoms with Gasteiger partial charge in [-0.15, -0.1) is 0 Å². The molecular formula is C7H18O3. The van der Waals surface area contributed by atoms with Gasteiger partial charge in [-0.2, -0.15) is 0 Å². The fraction of sp³-hybridized carbons (Fsp3) is 1.00. The predicted molar refractivity (Wildman–Crippen MR) is 40.9 cm³/mol. The van der Waals surface area contributed by atoms with Crippen molar-refractivity contribution in [2.75, 3.05) is 13.7 Å². The summed E-state index contributed by atoms with van der Waals surface area (Å²) < 4.78 is 4.55. The molecule has 0 bridgehead atoms. The van der Waals surface area contributed by atoms with Crippen molar-refractivity contribution >= 4 is 0 Å². The first kappa shape index (κ1) is 12.5. The molecule has 0 fully saturated rings. The van der Waals surface area contributed by atoms with Gasteiger partial charge in [-0.1, -0.05) is 0 Å². The number of hydrogen-bond donors (Lipinski definition) is 2. The van der Waals surface area contributed by atoms with Crippen LogP contribution in [0.25, 0.3) is 0 Å². The standard InChI is InChI=1S/C4H10O2.C3H8O/c1-4(5)3-6-2;1-3(2)4/h4-5H,3H2,1-2H3;3-4H,1-2H3. The molecule has 0 spiro atoms. The molecule has 0 aromatic rings. The molecule has 0 aliphatic heterocycles. The van der Waals surface area contributed by atoms with E-state index in [9.17, 15) is 0 Å². The molecule has 1 atom stereocenters. The van der Waals surface area contributed by atoms with Crippen LogP contribution in [-0.2, 0) is 4.74 Å². The highest BCUT2D eigenvalue weighted by Gasteiger charge is 1.87. The maximum Gasteiger partial charge on any atom is 0.0745 e. The van der Waals surface area contributed by atoms with E-state index in [-0.39, 0.29) is 12.2 Å². The minimum atomic E-state index is -0.324. The summed E-state index contributed by atoms with van der Waals surface area (Å²) in [6.45, 7) is 5.56. The van der Waals surface area contributed by atoms with E-state index >= 15 is 0 Å². The van der Waals surface area contributed by atoms with Crippen LogP contribution in [0.2, 0.25) is 0 Å². The molecule has 0 aliphatic rings. The molecule has 0 saturated heterocycles. The molecule has 0 saturated carbocycles. The average molecular weight is 150 g/mol. The van der Waals surface area contributed by atoms with Crippen LogP contribution >= 0.6 is 0 Å². The normalized spacial score (nSPS) is 12.3. The van der Waals surface area contributed by atoms with E-state index in [0.717, 1.165) is 0 Å². The molecule has 0 aromatic heterocycles. The Morgan fingerprint density at radius 2 is 1.50 bits per heavy atom. The highest BCUT2D eigenvalue weighted by Crippen LogP contribution is 1.75. The maximum absolute atomic E-state index is 8.43. The van der Waals surface area contributed by atoms with E-state index in [0.29, 0.717) is 6.61 Å². The Kier molecular flexibility index (Phi) is 11.1. The SMILES string of the molecule is CC(C)O.COCC(C)O. The zero-order valence-corrected chi connectivity index (χ0v) is 7.16. The number of rotatable bonds is 2. The third-order valence-corrected chi connectivity index (χ3v) is 0.408. The van der Waals surface area contributed by atoms with Crippen molar-refractivity contribution in [1.82, 2.24) is 0 Å². The maximum atomic E-state index is 8.43. The lowest BCUT2D eigenvalue weighted by atomic mass is 10.5. The van der Waals surface area contributed by atoms with Gasteiger partial charge in [-0.3, -0.25) is 0 Å². The molecule has 0 heterocycles. The summed E-state index contributed by atoms with van der Waals surface area (Å²) in [5, 5.41) is 16.5. The van der Waals surface area contributed by atoms with E-state index in [4.69, 9.17) is 10.2 Å². The Balaban J connectivity index is 0. The zero-order chi connectivity index (χ0) is 8.57. The Bertz CT molecular complexity index is 50.1. The summed E-state index contributed by atoms with van der Waals surface area (Å²) in [4.78, 5) is 0. The smallest absolute Gasteiger partial charge is 0.0745 e. The topological polar surface area (TPSA) is 49.7 Å². The number of hydrogen-bond acceptors (Lipinski definition) is 3. The largest absolute Gasteiger partial charge is 0.394 e. The predicted octanol–water partition coefficient (Wildman–Crippen LogP) is 0.401. The number of aliphatic hydroxyl groups excluding tert-OH is 2.